The van der Waals surface area contributed by atoms with E-state index in [1.165, 1.54) is 0 Å². The van der Waals surface area contributed by atoms with Gasteiger partial charge in [0.25, 0.3) is 0 Å². The lowest BCUT2D eigenvalue weighted by Crippen LogP contribution is -2.22. The summed E-state index contributed by atoms with van der Waals surface area (Å²) in [7, 11) is 0. The molecular formula is C14H15BrClNO. The van der Waals surface area contributed by atoms with E-state index in [0.717, 1.165) is 32.9 Å². The van der Waals surface area contributed by atoms with Crippen LogP contribution in [0.2, 0.25) is 5.02 Å². The molecule has 0 aliphatic heterocycles. The van der Waals surface area contributed by atoms with Gasteiger partial charge in [-0.2, -0.15) is 0 Å². The monoisotopic (exact) mass is 327 g/mol. The highest BCUT2D eigenvalue weighted by Crippen LogP contribution is 2.33. The molecule has 0 aliphatic carbocycles. The largest absolute Gasteiger partial charge is 0.466 e. The van der Waals surface area contributed by atoms with Gasteiger partial charge in [0.15, 0.2) is 0 Å². The Morgan fingerprint density at radius 1 is 1.39 bits per heavy atom. The van der Waals surface area contributed by atoms with Gasteiger partial charge >= 0.3 is 0 Å². The Labute approximate surface area is 120 Å². The van der Waals surface area contributed by atoms with Crippen molar-refractivity contribution in [2.45, 2.75) is 19.9 Å². The minimum absolute atomic E-state index is 0.0347. The highest BCUT2D eigenvalue weighted by molar-refractivity contribution is 9.10. The Morgan fingerprint density at radius 3 is 2.72 bits per heavy atom. The third kappa shape index (κ3) is 2.79. The third-order valence-corrected chi connectivity index (χ3v) is 3.76. The van der Waals surface area contributed by atoms with Crippen molar-refractivity contribution in [3.8, 4) is 0 Å². The van der Waals surface area contributed by atoms with Crippen LogP contribution in [0.4, 0.5) is 0 Å². The molecule has 0 saturated heterocycles. The van der Waals surface area contributed by atoms with Gasteiger partial charge in [0.05, 0.1) is 16.8 Å². The molecule has 2 rings (SSSR count). The average Bonchev–Trinajstić information content (AvgIpc) is 2.73. The van der Waals surface area contributed by atoms with Gasteiger partial charge in [0.2, 0.25) is 0 Å². The second-order valence-electron chi connectivity index (χ2n) is 4.15. The Morgan fingerprint density at radius 2 is 2.17 bits per heavy atom. The summed E-state index contributed by atoms with van der Waals surface area (Å²) in [6, 6.07) is 7.93. The SMILES string of the molecule is CCNC(c1ccc(C)cc1Cl)c1occc1Br. The fourth-order valence-corrected chi connectivity index (χ4v) is 2.70. The van der Waals surface area contributed by atoms with E-state index in [0.29, 0.717) is 0 Å². The molecule has 0 radical (unpaired) electrons. The van der Waals surface area contributed by atoms with E-state index in [-0.39, 0.29) is 6.04 Å². The molecular weight excluding hydrogens is 314 g/mol. The molecule has 0 spiro atoms. The van der Waals surface area contributed by atoms with Crippen molar-refractivity contribution in [1.82, 2.24) is 5.32 Å². The number of halogens is 2. The van der Waals surface area contributed by atoms with Crippen molar-refractivity contribution < 1.29 is 4.42 Å². The first-order chi connectivity index (χ1) is 8.63. The zero-order valence-corrected chi connectivity index (χ0v) is 12.7. The molecule has 0 bridgehead atoms. The number of rotatable bonds is 4. The van der Waals surface area contributed by atoms with E-state index < -0.39 is 0 Å². The van der Waals surface area contributed by atoms with E-state index in [1.54, 1.807) is 6.26 Å². The predicted molar refractivity (Wildman–Crippen MR) is 78.1 cm³/mol. The number of hydrogen-bond donors (Lipinski definition) is 1. The molecule has 18 heavy (non-hydrogen) atoms. The van der Waals surface area contributed by atoms with Crippen molar-refractivity contribution in [2.24, 2.45) is 0 Å². The number of aryl methyl sites for hydroxylation is 1. The van der Waals surface area contributed by atoms with Crippen LogP contribution >= 0.6 is 27.5 Å². The lowest BCUT2D eigenvalue weighted by atomic mass is 10.0. The predicted octanol–water partition coefficient (Wildman–Crippen LogP) is 4.70. The topological polar surface area (TPSA) is 25.2 Å². The fourth-order valence-electron chi connectivity index (χ4n) is 1.93. The van der Waals surface area contributed by atoms with E-state index in [1.807, 2.05) is 25.1 Å². The Hall–Kier alpha value is -0.770. The molecule has 4 heteroatoms. The minimum Gasteiger partial charge on any atom is -0.466 e. The first-order valence-electron chi connectivity index (χ1n) is 5.85. The molecule has 96 valence electrons. The van der Waals surface area contributed by atoms with Crippen molar-refractivity contribution in [3.63, 3.8) is 0 Å². The summed E-state index contributed by atoms with van der Waals surface area (Å²) in [6.07, 6.45) is 1.67. The standard InChI is InChI=1S/C14H15BrClNO/c1-3-17-13(14-11(15)6-7-18-14)10-5-4-9(2)8-12(10)16/h4-8,13,17H,3H2,1-2H3. The highest BCUT2D eigenvalue weighted by atomic mass is 79.9. The van der Waals surface area contributed by atoms with Gasteiger partial charge in [-0.15, -0.1) is 0 Å². The van der Waals surface area contributed by atoms with Crippen LogP contribution in [0.5, 0.6) is 0 Å². The van der Waals surface area contributed by atoms with Crippen molar-refractivity contribution in [1.29, 1.82) is 0 Å². The zero-order chi connectivity index (χ0) is 13.1. The molecule has 1 aromatic heterocycles. The molecule has 0 amide bonds. The van der Waals surface area contributed by atoms with Gasteiger partial charge < -0.3 is 9.73 Å². The van der Waals surface area contributed by atoms with Crippen molar-refractivity contribution >= 4 is 27.5 Å². The average molecular weight is 329 g/mol. The van der Waals surface area contributed by atoms with E-state index in [4.69, 9.17) is 16.0 Å². The molecule has 0 saturated carbocycles. The maximum Gasteiger partial charge on any atom is 0.139 e. The molecule has 1 unspecified atom stereocenters. The van der Waals surface area contributed by atoms with Crippen LogP contribution < -0.4 is 5.32 Å². The first-order valence-corrected chi connectivity index (χ1v) is 7.03. The fraction of sp³-hybridized carbons (Fsp3) is 0.286. The lowest BCUT2D eigenvalue weighted by Gasteiger charge is -2.18. The van der Waals surface area contributed by atoms with Crippen LogP contribution in [0.15, 0.2) is 39.4 Å². The van der Waals surface area contributed by atoms with Crippen LogP contribution in [-0.2, 0) is 0 Å². The van der Waals surface area contributed by atoms with Crippen LogP contribution in [0.3, 0.4) is 0 Å². The second-order valence-corrected chi connectivity index (χ2v) is 5.41. The van der Waals surface area contributed by atoms with Crippen LogP contribution in [-0.4, -0.2) is 6.54 Å². The molecule has 1 atom stereocenters. The van der Waals surface area contributed by atoms with Gasteiger partial charge in [-0.25, -0.2) is 0 Å². The molecule has 1 N–H and O–H groups in total. The third-order valence-electron chi connectivity index (χ3n) is 2.78. The number of hydrogen-bond acceptors (Lipinski definition) is 2. The van der Waals surface area contributed by atoms with E-state index in [2.05, 4.69) is 34.2 Å². The lowest BCUT2D eigenvalue weighted by molar-refractivity contribution is 0.450. The van der Waals surface area contributed by atoms with Crippen molar-refractivity contribution in [3.05, 3.63) is 56.9 Å². The van der Waals surface area contributed by atoms with Gasteiger partial charge in [-0.1, -0.05) is 30.7 Å². The highest BCUT2D eigenvalue weighted by Gasteiger charge is 2.21. The van der Waals surface area contributed by atoms with Gasteiger partial charge in [-0.3, -0.25) is 0 Å². The minimum atomic E-state index is -0.0347. The molecule has 2 nitrogen and oxygen atoms in total. The second kappa shape index (κ2) is 5.91. The summed E-state index contributed by atoms with van der Waals surface area (Å²) in [5.41, 5.74) is 2.18. The van der Waals surface area contributed by atoms with Crippen molar-refractivity contribution in [2.75, 3.05) is 6.54 Å². The molecule has 0 fully saturated rings. The summed E-state index contributed by atoms with van der Waals surface area (Å²) in [4.78, 5) is 0. The number of benzene rings is 1. The summed E-state index contributed by atoms with van der Waals surface area (Å²) >= 11 is 9.83. The van der Waals surface area contributed by atoms with Gasteiger partial charge in [0, 0.05) is 5.02 Å². The summed E-state index contributed by atoms with van der Waals surface area (Å²) in [6.45, 7) is 4.93. The molecule has 1 aromatic carbocycles. The van der Waals surface area contributed by atoms with E-state index >= 15 is 0 Å². The van der Waals surface area contributed by atoms with Crippen LogP contribution in [0, 0.1) is 6.92 Å². The van der Waals surface area contributed by atoms with E-state index in [9.17, 15) is 0 Å². The number of furan rings is 1. The number of nitrogens with one attached hydrogen (secondary N) is 1. The molecule has 2 aromatic rings. The Bertz CT molecular complexity index is 538. The molecule has 0 aliphatic rings. The Kier molecular flexibility index (Phi) is 4.49. The summed E-state index contributed by atoms with van der Waals surface area (Å²) in [5, 5.41) is 4.15. The smallest absolute Gasteiger partial charge is 0.139 e. The maximum atomic E-state index is 6.33. The summed E-state index contributed by atoms with van der Waals surface area (Å²) < 4.78 is 6.50. The van der Waals surface area contributed by atoms with Gasteiger partial charge in [0.1, 0.15) is 5.76 Å². The van der Waals surface area contributed by atoms with Crippen LogP contribution in [0.25, 0.3) is 0 Å². The zero-order valence-electron chi connectivity index (χ0n) is 10.3. The Balaban J connectivity index is 2.45. The first kappa shape index (κ1) is 13.7. The van der Waals surface area contributed by atoms with Crippen LogP contribution in [0.1, 0.15) is 29.9 Å². The quantitative estimate of drug-likeness (QED) is 0.880. The maximum absolute atomic E-state index is 6.33. The summed E-state index contributed by atoms with van der Waals surface area (Å²) in [5.74, 6) is 0.850. The normalized spacial score (nSPS) is 12.7. The van der Waals surface area contributed by atoms with Gasteiger partial charge in [-0.05, 0) is 52.7 Å². The molecule has 1 heterocycles.